The molecule has 0 aliphatic heterocycles. The quantitative estimate of drug-likeness (QED) is 0.559. The zero-order valence-corrected chi connectivity index (χ0v) is 14.3. The van der Waals surface area contributed by atoms with Crippen molar-refractivity contribution in [2.45, 2.75) is 26.2 Å². The Kier molecular flexibility index (Phi) is 3.96. The third-order valence-corrected chi connectivity index (χ3v) is 4.75. The minimum Gasteiger partial charge on any atom is -0.403 e. The van der Waals surface area contributed by atoms with Crippen molar-refractivity contribution < 1.29 is 9.25 Å². The number of hydrogen-bond donors (Lipinski definition) is 1. The van der Waals surface area contributed by atoms with E-state index in [0.717, 1.165) is 24.1 Å². The maximum atomic E-state index is 12.3. The van der Waals surface area contributed by atoms with Gasteiger partial charge in [-0.2, -0.15) is 16.3 Å². The summed E-state index contributed by atoms with van der Waals surface area (Å²) < 4.78 is 5.05. The molecular formula is C17H15N3O4S. The minimum atomic E-state index is -0.547. The number of aryl methyl sites for hydroxylation is 1. The molecule has 0 spiro atoms. The van der Waals surface area contributed by atoms with E-state index in [4.69, 9.17) is 9.25 Å². The van der Waals surface area contributed by atoms with Gasteiger partial charge >= 0.3 is 11.6 Å². The van der Waals surface area contributed by atoms with Gasteiger partial charge in [0.1, 0.15) is 5.39 Å². The molecule has 0 amide bonds. The number of oxime groups is 1. The average Bonchev–Trinajstić information content (AvgIpc) is 3.28. The third-order valence-electron chi connectivity index (χ3n) is 4.07. The first-order valence-electron chi connectivity index (χ1n) is 8.00. The number of aromatic amines is 1. The van der Waals surface area contributed by atoms with Gasteiger partial charge < -0.3 is 9.25 Å². The van der Waals surface area contributed by atoms with Crippen LogP contribution in [0.3, 0.4) is 0 Å². The van der Waals surface area contributed by atoms with E-state index in [0.29, 0.717) is 17.9 Å². The molecule has 7 nitrogen and oxygen atoms in total. The summed E-state index contributed by atoms with van der Waals surface area (Å²) >= 11 is 1.59. The highest BCUT2D eigenvalue weighted by Crippen LogP contribution is 2.34. The topological polar surface area (TPSA) is 97.5 Å². The van der Waals surface area contributed by atoms with Crippen molar-refractivity contribution in [3.63, 3.8) is 0 Å². The molecule has 128 valence electrons. The highest BCUT2D eigenvalue weighted by atomic mass is 32.1. The fraction of sp³-hybridized carbons (Fsp3) is 0.294. The van der Waals surface area contributed by atoms with Crippen LogP contribution in [0.25, 0.3) is 11.1 Å². The van der Waals surface area contributed by atoms with Gasteiger partial charge in [0.25, 0.3) is 5.56 Å². The van der Waals surface area contributed by atoms with Crippen LogP contribution < -0.4 is 16.0 Å². The summed E-state index contributed by atoms with van der Waals surface area (Å²) in [4.78, 5) is 35.9. The lowest BCUT2D eigenvalue weighted by Gasteiger charge is -2.04. The van der Waals surface area contributed by atoms with Gasteiger partial charge in [-0.3, -0.25) is 9.78 Å². The van der Waals surface area contributed by atoms with Crippen LogP contribution in [0.5, 0.6) is 6.01 Å². The average molecular weight is 357 g/mol. The van der Waals surface area contributed by atoms with Crippen molar-refractivity contribution in [2.75, 3.05) is 0 Å². The van der Waals surface area contributed by atoms with Gasteiger partial charge in [-0.05, 0) is 41.7 Å². The highest BCUT2D eigenvalue weighted by molar-refractivity contribution is 7.08. The fourth-order valence-electron chi connectivity index (χ4n) is 2.67. The van der Waals surface area contributed by atoms with Crippen molar-refractivity contribution in [2.24, 2.45) is 11.1 Å². The molecule has 0 bridgehead atoms. The molecule has 3 heterocycles. The number of rotatable bonds is 5. The summed E-state index contributed by atoms with van der Waals surface area (Å²) in [6, 6.07) is 3.19. The van der Waals surface area contributed by atoms with Crippen molar-refractivity contribution in [1.29, 1.82) is 0 Å². The van der Waals surface area contributed by atoms with E-state index in [2.05, 4.69) is 15.1 Å². The SMILES string of the molecule is CCc1cc(=O)oc2nc(O/N=C(\c3ccsc3)C3CC3)[nH]c(=O)c12. The zero-order chi connectivity index (χ0) is 17.4. The first-order valence-corrected chi connectivity index (χ1v) is 8.94. The lowest BCUT2D eigenvalue weighted by atomic mass is 10.1. The number of H-pyrrole nitrogens is 1. The molecule has 1 aliphatic carbocycles. The largest absolute Gasteiger partial charge is 0.403 e. The molecule has 3 aromatic heterocycles. The Morgan fingerprint density at radius 1 is 1.48 bits per heavy atom. The molecule has 4 rings (SSSR count). The second kappa shape index (κ2) is 6.29. The number of fused-ring (bicyclic) bond motifs is 1. The summed E-state index contributed by atoms with van der Waals surface area (Å²) in [5.74, 6) is 0.367. The second-order valence-electron chi connectivity index (χ2n) is 5.85. The molecular weight excluding hydrogens is 342 g/mol. The van der Waals surface area contributed by atoms with E-state index in [1.165, 1.54) is 6.07 Å². The maximum Gasteiger partial charge on any atom is 0.337 e. The van der Waals surface area contributed by atoms with Crippen molar-refractivity contribution in [1.82, 2.24) is 9.97 Å². The van der Waals surface area contributed by atoms with E-state index in [1.54, 1.807) is 11.3 Å². The summed E-state index contributed by atoms with van der Waals surface area (Å²) in [5, 5.41) is 8.43. The van der Waals surface area contributed by atoms with Crippen LogP contribution >= 0.6 is 11.3 Å². The molecule has 0 atom stereocenters. The van der Waals surface area contributed by atoms with Crippen molar-refractivity contribution in [3.8, 4) is 6.01 Å². The summed E-state index contributed by atoms with van der Waals surface area (Å²) in [6.07, 6.45) is 2.65. The van der Waals surface area contributed by atoms with Crippen LogP contribution in [0, 0.1) is 5.92 Å². The monoisotopic (exact) mass is 357 g/mol. The van der Waals surface area contributed by atoms with E-state index in [9.17, 15) is 9.59 Å². The highest BCUT2D eigenvalue weighted by Gasteiger charge is 2.29. The van der Waals surface area contributed by atoms with Crippen LogP contribution in [0.1, 0.15) is 30.9 Å². The summed E-state index contributed by atoms with van der Waals surface area (Å²) in [7, 11) is 0. The number of hydrogen-bond acceptors (Lipinski definition) is 7. The fourth-order valence-corrected chi connectivity index (χ4v) is 3.32. The van der Waals surface area contributed by atoms with Gasteiger partial charge in [0.2, 0.25) is 5.71 Å². The third kappa shape index (κ3) is 3.12. The molecule has 1 aliphatic rings. The molecule has 0 saturated heterocycles. The Labute approximate surface area is 146 Å². The van der Waals surface area contributed by atoms with Gasteiger partial charge in [0.05, 0.1) is 5.71 Å². The van der Waals surface area contributed by atoms with Crippen molar-refractivity contribution in [3.05, 3.63) is 54.8 Å². The van der Waals surface area contributed by atoms with Gasteiger partial charge in [0.15, 0.2) is 0 Å². The molecule has 0 unspecified atom stereocenters. The molecule has 1 fully saturated rings. The summed E-state index contributed by atoms with van der Waals surface area (Å²) in [6.45, 7) is 1.85. The van der Waals surface area contributed by atoms with Gasteiger partial charge in [-0.1, -0.05) is 12.1 Å². The standard InChI is InChI=1S/C17H15N3O4S/c1-2-9-7-12(21)23-16-13(9)15(22)18-17(19-16)24-20-14(10-3-4-10)11-5-6-25-8-11/h5-8,10H,2-4H2,1H3,(H,18,19,22)/b20-14-. The number of nitrogens with zero attached hydrogens (tertiary/aromatic N) is 2. The molecule has 8 heteroatoms. The van der Waals surface area contributed by atoms with Crippen LogP contribution in [-0.2, 0) is 6.42 Å². The van der Waals surface area contributed by atoms with Gasteiger partial charge in [-0.15, -0.1) is 0 Å². The molecule has 1 N–H and O–H groups in total. The predicted octanol–water partition coefficient (Wildman–Crippen LogP) is 2.69. The predicted molar refractivity (Wildman–Crippen MR) is 94.5 cm³/mol. The van der Waals surface area contributed by atoms with E-state index < -0.39 is 11.2 Å². The van der Waals surface area contributed by atoms with Crippen LogP contribution in [0.15, 0.2) is 42.1 Å². The molecule has 25 heavy (non-hydrogen) atoms. The number of aromatic nitrogens is 2. The number of nitrogens with one attached hydrogen (secondary N) is 1. The normalized spacial score (nSPS) is 14.8. The summed E-state index contributed by atoms with van der Waals surface area (Å²) in [5.41, 5.74) is 1.44. The van der Waals surface area contributed by atoms with Gasteiger partial charge in [-0.25, -0.2) is 4.79 Å². The van der Waals surface area contributed by atoms with Crippen molar-refractivity contribution >= 4 is 28.1 Å². The first kappa shape index (κ1) is 15.8. The first-order chi connectivity index (χ1) is 12.2. The molecule has 3 aromatic rings. The maximum absolute atomic E-state index is 12.3. The Morgan fingerprint density at radius 2 is 2.32 bits per heavy atom. The molecule has 0 aromatic carbocycles. The minimum absolute atomic E-state index is 0.0400. The Morgan fingerprint density at radius 3 is 3.00 bits per heavy atom. The Hall–Kier alpha value is -2.74. The zero-order valence-electron chi connectivity index (χ0n) is 13.4. The smallest absolute Gasteiger partial charge is 0.337 e. The Balaban J connectivity index is 1.74. The number of thiophene rings is 1. The Bertz CT molecular complexity index is 1060. The van der Waals surface area contributed by atoms with Crippen LogP contribution in [-0.4, -0.2) is 15.7 Å². The lowest BCUT2D eigenvalue weighted by molar-refractivity contribution is 0.310. The van der Waals surface area contributed by atoms with Gasteiger partial charge in [0, 0.05) is 17.5 Å². The lowest BCUT2D eigenvalue weighted by Crippen LogP contribution is -2.15. The van der Waals surface area contributed by atoms with E-state index >= 15 is 0 Å². The van der Waals surface area contributed by atoms with E-state index in [-0.39, 0.29) is 17.1 Å². The second-order valence-corrected chi connectivity index (χ2v) is 6.63. The molecule has 0 radical (unpaired) electrons. The van der Waals surface area contributed by atoms with Crippen LogP contribution in [0.4, 0.5) is 0 Å². The van der Waals surface area contributed by atoms with E-state index in [1.807, 2.05) is 23.8 Å². The molecule has 1 saturated carbocycles. The van der Waals surface area contributed by atoms with Crippen LogP contribution in [0.2, 0.25) is 0 Å².